The number of nitrogens with zero attached hydrogens (tertiary/aromatic N) is 3. The Morgan fingerprint density at radius 3 is 2.68 bits per heavy atom. The first-order chi connectivity index (χ1) is 14.7. The average molecular weight is 436 g/mol. The number of halogens is 4. The fourth-order valence-electron chi connectivity index (χ4n) is 4.26. The Hall–Kier alpha value is -2.72. The van der Waals surface area contributed by atoms with Crippen molar-refractivity contribution < 1.29 is 27.0 Å². The first kappa shape index (κ1) is 20.2. The molecule has 3 aromatic rings. The molecular weight excluding hydrogens is 416 g/mol. The molecule has 0 aliphatic carbocycles. The highest BCUT2D eigenvalue weighted by molar-refractivity contribution is 5.89. The highest BCUT2D eigenvalue weighted by atomic mass is 19.4. The zero-order valence-corrected chi connectivity index (χ0v) is 16.9. The molecule has 2 aliphatic heterocycles. The lowest BCUT2D eigenvalue weighted by molar-refractivity contribution is -0.230. The van der Waals surface area contributed by atoms with Gasteiger partial charge in [0.1, 0.15) is 23.1 Å². The first-order valence-corrected chi connectivity index (χ1v) is 9.92. The topological polar surface area (TPSA) is 61.2 Å². The van der Waals surface area contributed by atoms with E-state index in [0.717, 1.165) is 11.8 Å². The first-order valence-electron chi connectivity index (χ1n) is 9.92. The Morgan fingerprint density at radius 1 is 1.23 bits per heavy atom. The highest BCUT2D eigenvalue weighted by Crippen LogP contribution is 2.41. The van der Waals surface area contributed by atoms with Crippen LogP contribution < -0.4 is 5.32 Å². The van der Waals surface area contributed by atoms with Crippen LogP contribution in [0.15, 0.2) is 24.3 Å². The van der Waals surface area contributed by atoms with Crippen molar-refractivity contribution in [2.45, 2.75) is 38.2 Å². The molecule has 1 spiro atoms. The van der Waals surface area contributed by atoms with E-state index in [1.165, 1.54) is 12.1 Å². The fraction of sp³-hybridized carbons (Fsp3) is 0.429. The van der Waals surface area contributed by atoms with Gasteiger partial charge >= 0.3 is 6.18 Å². The molecule has 164 valence electrons. The molecule has 31 heavy (non-hydrogen) atoms. The van der Waals surface area contributed by atoms with Crippen molar-refractivity contribution in [1.29, 1.82) is 0 Å². The van der Waals surface area contributed by atoms with Gasteiger partial charge in [0, 0.05) is 12.1 Å². The molecule has 2 aliphatic rings. The van der Waals surface area contributed by atoms with Crippen LogP contribution in [0.4, 0.5) is 23.4 Å². The minimum absolute atomic E-state index is 0.0876. The maximum absolute atomic E-state index is 14.6. The molecule has 1 N–H and O–H groups in total. The third kappa shape index (κ3) is 3.16. The SMILES string of the molecule is Cc1nc(N[C@H](C)c2cccc(C(F)(F)F)c2F)c2cc3n(c2n1)CCOC31COC1. The van der Waals surface area contributed by atoms with Gasteiger partial charge in [0.15, 0.2) is 5.60 Å². The van der Waals surface area contributed by atoms with Crippen LogP contribution >= 0.6 is 0 Å². The Balaban J connectivity index is 1.56. The molecule has 0 bridgehead atoms. The van der Waals surface area contributed by atoms with Crippen LogP contribution in [0.1, 0.15) is 35.6 Å². The van der Waals surface area contributed by atoms with E-state index in [0.29, 0.717) is 49.0 Å². The summed E-state index contributed by atoms with van der Waals surface area (Å²) in [5.41, 5.74) is -0.248. The Morgan fingerprint density at radius 2 is 2.00 bits per heavy atom. The smallest absolute Gasteiger partial charge is 0.374 e. The number of aryl methyl sites for hydroxylation is 1. The van der Waals surface area contributed by atoms with Gasteiger partial charge in [0.05, 0.1) is 42.5 Å². The molecule has 5 rings (SSSR count). The molecule has 4 heterocycles. The van der Waals surface area contributed by atoms with Crippen molar-refractivity contribution in [3.8, 4) is 0 Å². The Labute approximate surface area is 175 Å². The summed E-state index contributed by atoms with van der Waals surface area (Å²) in [6.07, 6.45) is -4.76. The second-order valence-corrected chi connectivity index (χ2v) is 7.95. The molecule has 1 fully saturated rings. The number of anilines is 1. The molecule has 1 saturated heterocycles. The Bertz CT molecular complexity index is 1170. The van der Waals surface area contributed by atoms with E-state index in [9.17, 15) is 17.6 Å². The van der Waals surface area contributed by atoms with Crippen molar-refractivity contribution in [3.05, 3.63) is 52.7 Å². The third-order valence-electron chi connectivity index (χ3n) is 5.85. The molecule has 0 amide bonds. The average Bonchev–Trinajstić information content (AvgIpc) is 3.05. The normalized spacial score (nSPS) is 18.6. The number of alkyl halides is 3. The van der Waals surface area contributed by atoms with Gasteiger partial charge in [0.2, 0.25) is 0 Å². The van der Waals surface area contributed by atoms with Crippen LogP contribution in [0.3, 0.4) is 0 Å². The zero-order chi connectivity index (χ0) is 22.0. The van der Waals surface area contributed by atoms with E-state index >= 15 is 0 Å². The summed E-state index contributed by atoms with van der Waals surface area (Å²) in [6, 6.07) is 4.45. The molecule has 10 heteroatoms. The second-order valence-electron chi connectivity index (χ2n) is 7.95. The van der Waals surface area contributed by atoms with Crippen molar-refractivity contribution in [2.24, 2.45) is 0 Å². The maximum Gasteiger partial charge on any atom is 0.419 e. The number of fused-ring (bicyclic) bond motifs is 4. The van der Waals surface area contributed by atoms with Gasteiger partial charge in [-0.05, 0) is 26.0 Å². The van der Waals surface area contributed by atoms with E-state index in [-0.39, 0.29) is 5.56 Å². The highest BCUT2D eigenvalue weighted by Gasteiger charge is 2.46. The minimum atomic E-state index is -4.76. The number of hydrogen-bond donors (Lipinski definition) is 1. The molecule has 1 aromatic carbocycles. The summed E-state index contributed by atoms with van der Waals surface area (Å²) in [6.45, 7) is 5.38. The minimum Gasteiger partial charge on any atom is -0.374 e. The molecule has 2 aromatic heterocycles. The second kappa shape index (κ2) is 6.89. The number of benzene rings is 1. The largest absolute Gasteiger partial charge is 0.419 e. The van der Waals surface area contributed by atoms with Crippen LogP contribution in [-0.2, 0) is 27.8 Å². The summed E-state index contributed by atoms with van der Waals surface area (Å²) in [5, 5.41) is 3.80. The van der Waals surface area contributed by atoms with Gasteiger partial charge in [-0.15, -0.1) is 0 Å². The van der Waals surface area contributed by atoms with Crippen LogP contribution in [-0.4, -0.2) is 34.4 Å². The molecule has 0 radical (unpaired) electrons. The standard InChI is InChI=1S/C21H20F4N4O2/c1-11(13-4-3-5-15(17(13)22)21(23,24)25)26-18-14-8-16-20(9-30-10-20)31-7-6-29(16)19(14)28-12(2)27-18/h3-5,8,11H,6-7,9-10H2,1-2H3,(H,26,27,28)/t11-/m1/s1. The van der Waals surface area contributed by atoms with Crippen molar-refractivity contribution >= 4 is 16.9 Å². The van der Waals surface area contributed by atoms with Crippen LogP contribution in [0, 0.1) is 12.7 Å². The van der Waals surface area contributed by atoms with E-state index in [4.69, 9.17) is 9.47 Å². The maximum atomic E-state index is 14.6. The quantitative estimate of drug-likeness (QED) is 0.620. The summed E-state index contributed by atoms with van der Waals surface area (Å²) >= 11 is 0. The van der Waals surface area contributed by atoms with Crippen LogP contribution in [0.5, 0.6) is 0 Å². The van der Waals surface area contributed by atoms with Crippen molar-refractivity contribution in [2.75, 3.05) is 25.1 Å². The monoisotopic (exact) mass is 436 g/mol. The molecule has 1 atom stereocenters. The lowest BCUT2D eigenvalue weighted by Gasteiger charge is -2.44. The van der Waals surface area contributed by atoms with Crippen LogP contribution in [0.2, 0.25) is 0 Å². The predicted octanol–water partition coefficient (Wildman–Crippen LogP) is 4.33. The van der Waals surface area contributed by atoms with E-state index in [1.54, 1.807) is 13.8 Å². The van der Waals surface area contributed by atoms with Gasteiger partial charge in [-0.1, -0.05) is 12.1 Å². The fourth-order valence-corrected chi connectivity index (χ4v) is 4.26. The number of rotatable bonds is 3. The number of hydrogen-bond acceptors (Lipinski definition) is 5. The molecular formula is C21H20F4N4O2. The lowest BCUT2D eigenvalue weighted by Crippen LogP contribution is -2.53. The van der Waals surface area contributed by atoms with Crippen LogP contribution in [0.25, 0.3) is 11.0 Å². The van der Waals surface area contributed by atoms with E-state index in [1.807, 2.05) is 6.07 Å². The van der Waals surface area contributed by atoms with Gasteiger partial charge in [0.25, 0.3) is 0 Å². The Kier molecular flexibility index (Phi) is 4.49. The third-order valence-corrected chi connectivity index (χ3v) is 5.85. The van der Waals surface area contributed by atoms with E-state index < -0.39 is 29.2 Å². The summed E-state index contributed by atoms with van der Waals surface area (Å²) < 4.78 is 67.4. The molecule has 0 saturated carbocycles. The number of ether oxygens (including phenoxy) is 2. The molecule has 0 unspecified atom stereocenters. The summed E-state index contributed by atoms with van der Waals surface area (Å²) in [5.74, 6) is -0.353. The van der Waals surface area contributed by atoms with Gasteiger partial charge in [-0.3, -0.25) is 0 Å². The lowest BCUT2D eigenvalue weighted by atomic mass is 9.96. The van der Waals surface area contributed by atoms with Crippen molar-refractivity contribution in [1.82, 2.24) is 14.5 Å². The number of aromatic nitrogens is 3. The van der Waals surface area contributed by atoms with Gasteiger partial charge in [-0.2, -0.15) is 13.2 Å². The van der Waals surface area contributed by atoms with E-state index in [2.05, 4.69) is 19.9 Å². The van der Waals surface area contributed by atoms with Gasteiger partial charge < -0.3 is 19.4 Å². The van der Waals surface area contributed by atoms with Gasteiger partial charge in [-0.25, -0.2) is 14.4 Å². The summed E-state index contributed by atoms with van der Waals surface area (Å²) in [7, 11) is 0. The predicted molar refractivity (Wildman–Crippen MR) is 104 cm³/mol. The van der Waals surface area contributed by atoms with Crippen molar-refractivity contribution in [3.63, 3.8) is 0 Å². The number of nitrogens with one attached hydrogen (secondary N) is 1. The molecule has 6 nitrogen and oxygen atoms in total. The zero-order valence-electron chi connectivity index (χ0n) is 16.9. The summed E-state index contributed by atoms with van der Waals surface area (Å²) in [4.78, 5) is 9.02.